The molecule has 0 aliphatic rings. The Balaban J connectivity index is 0.00000380. The van der Waals surface area contributed by atoms with Crippen molar-refractivity contribution >= 4 is 56.4 Å². The van der Waals surface area contributed by atoms with Crippen LogP contribution in [0.4, 0.5) is 0 Å². The average Bonchev–Trinajstić information content (AvgIpc) is 3.41. The Labute approximate surface area is 448 Å². The maximum absolute atomic E-state index is 13.5. The van der Waals surface area contributed by atoms with Gasteiger partial charge in [-0.3, -0.25) is 22.7 Å². The van der Waals surface area contributed by atoms with Crippen LogP contribution in [0.1, 0.15) is 20.7 Å². The second-order valence-electron chi connectivity index (χ2n) is 15.3. The van der Waals surface area contributed by atoms with Crippen molar-refractivity contribution in [2.75, 3.05) is 0 Å². The Bertz CT molecular complexity index is 3350. The third-order valence-corrected chi connectivity index (χ3v) is 15.4. The summed E-state index contributed by atoms with van der Waals surface area (Å²) >= 11 is 0. The first-order chi connectivity index (χ1) is 34.2. The van der Waals surface area contributed by atoms with E-state index in [1.54, 1.807) is 48.5 Å². The molecule has 9 aromatic rings. The topological polar surface area (TPSA) is 105 Å². The van der Waals surface area contributed by atoms with E-state index in [1.807, 2.05) is 72.8 Å². The van der Waals surface area contributed by atoms with Gasteiger partial charge in [-0.2, -0.15) is 0 Å². The molecule has 9 aromatic carbocycles. The summed E-state index contributed by atoms with van der Waals surface area (Å²) < 4.78 is 22.0. The normalized spacial score (nSPS) is 11.3. The van der Waals surface area contributed by atoms with Crippen molar-refractivity contribution in [2.24, 2.45) is 0 Å². The van der Waals surface area contributed by atoms with Gasteiger partial charge in [-0.25, -0.2) is 9.59 Å². The van der Waals surface area contributed by atoms with E-state index < -0.39 is 45.7 Å². The Hall–Kier alpha value is -7.45. The third kappa shape index (κ3) is 12.3. The molecular formula is C60H40O8Rh2S2. The molecule has 12 heteroatoms. The standard InChI is InChI=1S/C60H40O8S2.2Rh/c1-3-57(61)65-44-25-19-43(20-26-44)59(63)66-45-27-35-51(36-28-45)69(47-13-7-5-8-14-47)49-31-21-41(22-32-49)42-23-33-50(34-24-42)70(48-15-9-6-10-16-48)52-37-29-46(30-38-52)67-60(64)55-39-40-56(68-58(62)4-2)54-18-12-11-17-53(54)55;;/h5-40H,1-2H2;;. The molecule has 0 aliphatic heterocycles. The molecule has 0 spiro atoms. The van der Waals surface area contributed by atoms with Crippen molar-refractivity contribution < 1.29 is 77.1 Å². The van der Waals surface area contributed by atoms with Crippen LogP contribution in [0.25, 0.3) is 21.9 Å². The monoisotopic (exact) mass is 1160 g/mol. The predicted molar refractivity (Wildman–Crippen MR) is 271 cm³/mol. The Morgan fingerprint density at radius 3 is 1.17 bits per heavy atom. The molecule has 2 radical (unpaired) electrons. The van der Waals surface area contributed by atoms with Crippen molar-refractivity contribution in [1.29, 1.82) is 0 Å². The van der Waals surface area contributed by atoms with Crippen molar-refractivity contribution in [3.05, 3.63) is 255 Å². The van der Waals surface area contributed by atoms with Crippen LogP contribution in [0, 0.1) is 12.2 Å². The minimum absolute atomic E-state index is 0. The zero-order valence-electron chi connectivity index (χ0n) is 37.9. The summed E-state index contributed by atoms with van der Waals surface area (Å²) in [6, 6.07) is 69.5. The van der Waals surface area contributed by atoms with E-state index in [9.17, 15) is 19.2 Å². The van der Waals surface area contributed by atoms with Crippen LogP contribution in [-0.2, 0) is 70.3 Å². The SMILES string of the molecule is C=[C-]C(=O)Oc1ccc(C(=O)Oc2ccc([S+](c3ccccc3)c3ccc(-c4ccc([S+](c5ccccc5)c5ccc(OC(=O)c6ccc(OC(=O)[C-]=C)c7ccccc67)cc5)cc4)cc3)cc2)cc1.[Rh].[Rh]. The van der Waals surface area contributed by atoms with Crippen molar-refractivity contribution in [2.45, 2.75) is 29.4 Å². The number of carbonyl (C=O) groups excluding carboxylic acids is 4. The van der Waals surface area contributed by atoms with Gasteiger partial charge in [0.05, 0.1) is 32.9 Å². The van der Waals surface area contributed by atoms with E-state index in [2.05, 4.69) is 98.1 Å². The van der Waals surface area contributed by atoms with E-state index in [-0.39, 0.29) is 44.7 Å². The molecule has 0 heterocycles. The second kappa shape index (κ2) is 24.6. The van der Waals surface area contributed by atoms with Crippen LogP contribution in [0.2, 0.25) is 0 Å². The molecule has 0 amide bonds. The molecule has 0 saturated carbocycles. The average molecular weight is 1160 g/mol. The molecule has 0 N–H and O–H groups in total. The van der Waals surface area contributed by atoms with Gasteiger partial charge < -0.3 is 31.1 Å². The summed E-state index contributed by atoms with van der Waals surface area (Å²) in [5, 5.41) is 1.17. The zero-order chi connectivity index (χ0) is 48.4. The number of hydrogen-bond acceptors (Lipinski definition) is 8. The minimum atomic E-state index is -0.714. The molecule has 0 aromatic heterocycles. The first kappa shape index (κ1) is 52.4. The van der Waals surface area contributed by atoms with E-state index >= 15 is 0 Å². The van der Waals surface area contributed by atoms with Crippen LogP contribution in [0.3, 0.4) is 0 Å². The van der Waals surface area contributed by atoms with Crippen molar-refractivity contribution in [3.8, 4) is 34.1 Å². The van der Waals surface area contributed by atoms with Gasteiger partial charge in [0, 0.05) is 44.3 Å². The summed E-state index contributed by atoms with van der Waals surface area (Å²) in [5.74, 6) is -1.14. The number of hydrogen-bond donors (Lipinski definition) is 0. The van der Waals surface area contributed by atoms with Crippen LogP contribution in [0.15, 0.2) is 261 Å². The largest absolute Gasteiger partial charge is 0.454 e. The molecule has 0 aliphatic carbocycles. The maximum Gasteiger partial charge on any atom is 0.344 e. The Kier molecular flexibility index (Phi) is 17.9. The predicted octanol–water partition coefficient (Wildman–Crippen LogP) is 12.9. The number of carbonyl (C=O) groups is 4. The van der Waals surface area contributed by atoms with Gasteiger partial charge in [0.1, 0.15) is 23.0 Å². The molecule has 2 atom stereocenters. The first-order valence-corrected chi connectivity index (χ1v) is 24.2. The van der Waals surface area contributed by atoms with Gasteiger partial charge in [-0.1, -0.05) is 60.7 Å². The molecule has 8 nitrogen and oxygen atoms in total. The smallest absolute Gasteiger partial charge is 0.344 e. The number of benzene rings is 9. The second-order valence-corrected chi connectivity index (χ2v) is 19.4. The van der Waals surface area contributed by atoms with E-state index in [0.717, 1.165) is 40.5 Å². The van der Waals surface area contributed by atoms with Gasteiger partial charge in [0.15, 0.2) is 41.3 Å². The summed E-state index contributed by atoms with van der Waals surface area (Å²) in [6.07, 6.45) is 4.33. The van der Waals surface area contributed by atoms with Crippen molar-refractivity contribution in [1.82, 2.24) is 0 Å². The Morgan fingerprint density at radius 1 is 0.347 bits per heavy atom. The molecular weight excluding hydrogens is 1120 g/mol. The van der Waals surface area contributed by atoms with Crippen LogP contribution in [0.5, 0.6) is 23.0 Å². The van der Waals surface area contributed by atoms with E-state index in [0.29, 0.717) is 39.1 Å². The van der Waals surface area contributed by atoms with Gasteiger partial charge in [-0.05, 0) is 174 Å². The fourth-order valence-corrected chi connectivity index (χ4v) is 11.7. The Morgan fingerprint density at radius 2 is 0.708 bits per heavy atom. The summed E-state index contributed by atoms with van der Waals surface area (Å²) in [6.45, 7) is 6.62. The molecule has 72 heavy (non-hydrogen) atoms. The quantitative estimate of drug-likeness (QED) is 0.0250. The number of esters is 4. The third-order valence-electron chi connectivity index (χ3n) is 10.9. The van der Waals surface area contributed by atoms with Crippen LogP contribution < -0.4 is 18.9 Å². The van der Waals surface area contributed by atoms with Gasteiger partial charge in [0.25, 0.3) is 0 Å². The molecule has 0 fully saturated rings. The van der Waals surface area contributed by atoms with Crippen LogP contribution >= 0.6 is 0 Å². The number of fused-ring (bicyclic) bond motifs is 1. The number of rotatable bonds is 15. The fourth-order valence-electron chi connectivity index (χ4n) is 7.59. The van der Waals surface area contributed by atoms with Gasteiger partial charge in [-0.15, -0.1) is 0 Å². The van der Waals surface area contributed by atoms with Gasteiger partial charge in [0.2, 0.25) is 0 Å². The maximum atomic E-state index is 13.5. The molecule has 9 rings (SSSR count). The molecule has 0 saturated heterocycles. The van der Waals surface area contributed by atoms with Gasteiger partial charge >= 0.3 is 11.9 Å². The van der Waals surface area contributed by atoms with Crippen LogP contribution in [-0.4, -0.2) is 23.9 Å². The molecule has 0 bridgehead atoms. The molecule has 2 unspecified atom stereocenters. The van der Waals surface area contributed by atoms with E-state index in [4.69, 9.17) is 18.9 Å². The van der Waals surface area contributed by atoms with Crippen molar-refractivity contribution in [3.63, 3.8) is 0 Å². The zero-order valence-corrected chi connectivity index (χ0v) is 42.9. The number of ether oxygens (including phenoxy) is 4. The molecule has 358 valence electrons. The first-order valence-electron chi connectivity index (χ1n) is 21.8. The summed E-state index contributed by atoms with van der Waals surface area (Å²) in [7, 11) is -0.928. The van der Waals surface area contributed by atoms with E-state index in [1.165, 1.54) is 24.3 Å². The fraction of sp³-hybridized carbons (Fsp3) is 0. The summed E-state index contributed by atoms with van der Waals surface area (Å²) in [4.78, 5) is 56.5. The summed E-state index contributed by atoms with van der Waals surface area (Å²) in [5.41, 5.74) is 2.79. The minimum Gasteiger partial charge on any atom is -0.454 e.